The Morgan fingerprint density at radius 2 is 2.36 bits per heavy atom. The van der Waals surface area contributed by atoms with Crippen LogP contribution in [0.5, 0.6) is 0 Å². The molecule has 1 aromatic rings. The molecule has 0 amide bonds. The van der Waals surface area contributed by atoms with Crippen LogP contribution in [0, 0.1) is 0 Å². The largest absolute Gasteiger partial charge is 0.379 e. The van der Waals surface area contributed by atoms with Gasteiger partial charge >= 0.3 is 0 Å². The van der Waals surface area contributed by atoms with Crippen molar-refractivity contribution < 1.29 is 4.74 Å². The molecule has 4 heteroatoms. The van der Waals surface area contributed by atoms with Gasteiger partial charge in [0.1, 0.15) is 5.01 Å². The van der Waals surface area contributed by atoms with Crippen molar-refractivity contribution in [2.45, 2.75) is 25.2 Å². The third-order valence-electron chi connectivity index (χ3n) is 2.71. The second-order valence-corrected chi connectivity index (χ2v) is 5.07. The lowest BCUT2D eigenvalue weighted by molar-refractivity contribution is -0.0551. The van der Waals surface area contributed by atoms with Gasteiger partial charge in [-0.25, -0.2) is 4.98 Å². The van der Waals surface area contributed by atoms with Crippen LogP contribution in [0.4, 0.5) is 0 Å². The fraction of sp³-hybridized carbons (Fsp3) is 0.700. The molecule has 0 radical (unpaired) electrons. The van der Waals surface area contributed by atoms with Crippen LogP contribution in [0.3, 0.4) is 0 Å². The zero-order valence-electron chi connectivity index (χ0n) is 8.62. The second-order valence-electron chi connectivity index (χ2n) is 4.21. The lowest BCUT2D eigenvalue weighted by atomic mass is 9.87. The number of rotatable bonds is 3. The maximum absolute atomic E-state index is 5.77. The van der Waals surface area contributed by atoms with Gasteiger partial charge in [-0.15, -0.1) is 11.3 Å². The molecule has 1 aliphatic heterocycles. The Hall–Kier alpha value is -0.450. The predicted molar refractivity (Wildman–Crippen MR) is 57.8 cm³/mol. The van der Waals surface area contributed by atoms with Gasteiger partial charge in [0.25, 0.3) is 0 Å². The quantitative estimate of drug-likeness (QED) is 0.826. The molecule has 1 fully saturated rings. The molecule has 1 aliphatic rings. The average Bonchev–Trinajstić information content (AvgIpc) is 2.52. The Kier molecular flexibility index (Phi) is 2.60. The molecule has 1 saturated heterocycles. The van der Waals surface area contributed by atoms with Crippen molar-refractivity contribution in [3.63, 3.8) is 0 Å². The van der Waals surface area contributed by atoms with Crippen molar-refractivity contribution >= 4 is 11.3 Å². The minimum absolute atomic E-state index is 0.0256. The van der Waals surface area contributed by atoms with Crippen LogP contribution in [0.1, 0.15) is 30.5 Å². The Balaban J connectivity index is 2.23. The molecular formula is C10H16N2OS. The number of nitrogens with zero attached hydrogens (tertiary/aromatic N) is 1. The molecule has 1 aromatic heterocycles. The van der Waals surface area contributed by atoms with E-state index in [0.29, 0.717) is 12.5 Å². The summed E-state index contributed by atoms with van der Waals surface area (Å²) in [7, 11) is 0. The van der Waals surface area contributed by atoms with Crippen molar-refractivity contribution in [3.8, 4) is 0 Å². The van der Waals surface area contributed by atoms with Gasteiger partial charge in [0.2, 0.25) is 0 Å². The minimum Gasteiger partial charge on any atom is -0.379 e. The smallest absolute Gasteiger partial charge is 0.105 e. The lowest BCUT2D eigenvalue weighted by Gasteiger charge is -2.38. The van der Waals surface area contributed by atoms with Gasteiger partial charge in [0.05, 0.1) is 24.3 Å². The molecule has 0 saturated carbocycles. The van der Waals surface area contributed by atoms with Gasteiger partial charge < -0.3 is 10.5 Å². The van der Waals surface area contributed by atoms with Crippen LogP contribution in [0.25, 0.3) is 0 Å². The van der Waals surface area contributed by atoms with E-state index in [-0.39, 0.29) is 5.41 Å². The maximum Gasteiger partial charge on any atom is 0.105 e. The van der Waals surface area contributed by atoms with Crippen LogP contribution in [0.15, 0.2) is 5.38 Å². The summed E-state index contributed by atoms with van der Waals surface area (Å²) in [4.78, 5) is 4.63. The van der Waals surface area contributed by atoms with E-state index in [4.69, 9.17) is 10.5 Å². The molecule has 2 heterocycles. The predicted octanol–water partition coefficient (Wildman–Crippen LogP) is 1.49. The summed E-state index contributed by atoms with van der Waals surface area (Å²) in [6.07, 6.45) is 0. The molecular weight excluding hydrogens is 196 g/mol. The molecule has 2 rings (SSSR count). The molecule has 0 bridgehead atoms. The van der Waals surface area contributed by atoms with Gasteiger partial charge in [0.15, 0.2) is 0 Å². The number of hydrogen-bond donors (Lipinski definition) is 1. The van der Waals surface area contributed by atoms with Crippen molar-refractivity contribution in [3.05, 3.63) is 16.1 Å². The summed E-state index contributed by atoms with van der Waals surface area (Å²) in [6.45, 7) is 6.41. The minimum atomic E-state index is 0.0256. The third kappa shape index (κ3) is 1.47. The molecule has 0 unspecified atom stereocenters. The summed E-state index contributed by atoms with van der Waals surface area (Å²) in [6, 6.07) is 0. The van der Waals surface area contributed by atoms with E-state index >= 15 is 0 Å². The monoisotopic (exact) mass is 212 g/mol. The fourth-order valence-electron chi connectivity index (χ4n) is 1.47. The van der Waals surface area contributed by atoms with Crippen LogP contribution in [-0.2, 0) is 10.2 Å². The maximum atomic E-state index is 5.77. The topological polar surface area (TPSA) is 48.1 Å². The molecule has 14 heavy (non-hydrogen) atoms. The lowest BCUT2D eigenvalue weighted by Crippen LogP contribution is -2.52. The number of ether oxygens (including phenoxy) is 1. The zero-order chi connectivity index (χ0) is 10.2. The van der Waals surface area contributed by atoms with Crippen LogP contribution in [0.2, 0.25) is 0 Å². The van der Waals surface area contributed by atoms with Crippen LogP contribution >= 0.6 is 11.3 Å². The Morgan fingerprint density at radius 3 is 2.71 bits per heavy atom. The van der Waals surface area contributed by atoms with Gasteiger partial charge in [-0.3, -0.25) is 0 Å². The number of aromatic nitrogens is 1. The first-order valence-corrected chi connectivity index (χ1v) is 5.80. The third-order valence-corrected chi connectivity index (χ3v) is 3.82. The highest BCUT2D eigenvalue weighted by molar-refractivity contribution is 7.09. The molecule has 0 spiro atoms. The number of nitrogens with two attached hydrogens (primary N) is 1. The molecule has 3 nitrogen and oxygen atoms in total. The summed E-state index contributed by atoms with van der Waals surface area (Å²) in [5.74, 6) is 0.496. The van der Waals surface area contributed by atoms with Gasteiger partial charge in [-0.05, 0) is 5.92 Å². The van der Waals surface area contributed by atoms with Crippen molar-refractivity contribution in [2.24, 2.45) is 5.73 Å². The SMILES string of the molecule is CC(C)c1csc(C2(CN)COC2)n1. The first-order chi connectivity index (χ1) is 6.68. The van der Waals surface area contributed by atoms with E-state index in [1.54, 1.807) is 11.3 Å². The van der Waals surface area contributed by atoms with E-state index in [9.17, 15) is 0 Å². The normalized spacial score (nSPS) is 19.7. The zero-order valence-corrected chi connectivity index (χ0v) is 9.43. The van der Waals surface area contributed by atoms with Gasteiger partial charge in [-0.1, -0.05) is 13.8 Å². The summed E-state index contributed by atoms with van der Waals surface area (Å²) >= 11 is 1.71. The van der Waals surface area contributed by atoms with E-state index < -0.39 is 0 Å². The molecule has 78 valence electrons. The first-order valence-electron chi connectivity index (χ1n) is 4.92. The highest BCUT2D eigenvalue weighted by Gasteiger charge is 2.41. The molecule has 2 N–H and O–H groups in total. The number of thiazole rings is 1. The standard InChI is InChI=1S/C10H16N2OS/c1-7(2)8-3-14-9(12-8)10(4-11)5-13-6-10/h3,7H,4-6,11H2,1-2H3. The van der Waals surface area contributed by atoms with Crippen LogP contribution in [-0.4, -0.2) is 24.7 Å². The molecule has 0 aliphatic carbocycles. The summed E-state index contributed by atoms with van der Waals surface area (Å²) in [5.41, 5.74) is 6.97. The second kappa shape index (κ2) is 3.61. The Morgan fingerprint density at radius 1 is 1.64 bits per heavy atom. The van der Waals surface area contributed by atoms with Gasteiger partial charge in [-0.2, -0.15) is 0 Å². The highest BCUT2D eigenvalue weighted by atomic mass is 32.1. The Bertz CT molecular complexity index is 312. The summed E-state index contributed by atoms with van der Waals surface area (Å²) in [5, 5.41) is 3.28. The van der Waals surface area contributed by atoms with Crippen LogP contribution < -0.4 is 5.73 Å². The fourth-order valence-corrected chi connectivity index (χ4v) is 2.64. The Labute approximate surface area is 88.3 Å². The average molecular weight is 212 g/mol. The first kappa shape index (κ1) is 10.1. The summed E-state index contributed by atoms with van der Waals surface area (Å²) < 4.78 is 5.24. The van der Waals surface area contributed by atoms with Gasteiger partial charge in [0, 0.05) is 11.9 Å². The van der Waals surface area contributed by atoms with Crippen molar-refractivity contribution in [1.29, 1.82) is 0 Å². The van der Waals surface area contributed by atoms with Crippen molar-refractivity contribution in [1.82, 2.24) is 4.98 Å². The van der Waals surface area contributed by atoms with E-state index in [0.717, 1.165) is 18.2 Å². The molecule has 0 atom stereocenters. The van der Waals surface area contributed by atoms with Crippen molar-refractivity contribution in [2.75, 3.05) is 19.8 Å². The molecule has 0 aromatic carbocycles. The number of hydrogen-bond acceptors (Lipinski definition) is 4. The van der Waals surface area contributed by atoms with E-state index in [1.807, 2.05) is 0 Å². The van der Waals surface area contributed by atoms with E-state index in [2.05, 4.69) is 24.2 Å². The highest BCUT2D eigenvalue weighted by Crippen LogP contribution is 2.34. The van der Waals surface area contributed by atoms with E-state index in [1.165, 1.54) is 5.69 Å².